The molecular weight excluding hydrogens is 269 g/mol. The van der Waals surface area contributed by atoms with E-state index in [9.17, 15) is 9.18 Å². The predicted molar refractivity (Wildman–Crippen MR) is 78.7 cm³/mol. The molecule has 2 aromatic rings. The summed E-state index contributed by atoms with van der Waals surface area (Å²) >= 11 is 0. The van der Waals surface area contributed by atoms with Gasteiger partial charge < -0.3 is 10.6 Å². The Morgan fingerprint density at radius 1 is 1.33 bits per heavy atom. The Kier molecular flexibility index (Phi) is 3.66. The van der Waals surface area contributed by atoms with Crippen molar-refractivity contribution in [2.45, 2.75) is 19.9 Å². The van der Waals surface area contributed by atoms with E-state index in [1.54, 1.807) is 18.2 Å². The van der Waals surface area contributed by atoms with Gasteiger partial charge in [-0.3, -0.25) is 4.79 Å². The van der Waals surface area contributed by atoms with Crippen molar-refractivity contribution in [3.8, 4) is 0 Å². The SMILES string of the molecule is Cc1cccc(C(=O)Nc2ccc3c(c2F)CCNC3)n1. The third kappa shape index (κ3) is 2.78. The average molecular weight is 285 g/mol. The van der Waals surface area contributed by atoms with Crippen molar-refractivity contribution in [3.63, 3.8) is 0 Å². The van der Waals surface area contributed by atoms with Crippen LogP contribution in [0.5, 0.6) is 0 Å². The van der Waals surface area contributed by atoms with Crippen molar-refractivity contribution in [3.05, 3.63) is 58.7 Å². The molecule has 2 heterocycles. The van der Waals surface area contributed by atoms with Crippen molar-refractivity contribution in [1.82, 2.24) is 10.3 Å². The molecule has 4 nitrogen and oxygen atoms in total. The van der Waals surface area contributed by atoms with Gasteiger partial charge in [-0.15, -0.1) is 0 Å². The lowest BCUT2D eigenvalue weighted by Gasteiger charge is -2.19. The van der Waals surface area contributed by atoms with Crippen LogP contribution in [-0.4, -0.2) is 17.4 Å². The lowest BCUT2D eigenvalue weighted by atomic mass is 9.99. The van der Waals surface area contributed by atoms with Gasteiger partial charge >= 0.3 is 0 Å². The summed E-state index contributed by atoms with van der Waals surface area (Å²) in [5.74, 6) is -0.735. The second-order valence-corrected chi connectivity index (χ2v) is 5.11. The molecule has 0 saturated carbocycles. The van der Waals surface area contributed by atoms with Crippen molar-refractivity contribution < 1.29 is 9.18 Å². The molecule has 108 valence electrons. The number of carbonyl (C=O) groups excluding carboxylic acids is 1. The van der Waals surface area contributed by atoms with Crippen LogP contribution in [-0.2, 0) is 13.0 Å². The van der Waals surface area contributed by atoms with Gasteiger partial charge in [-0.05, 0) is 49.2 Å². The third-order valence-electron chi connectivity index (χ3n) is 3.58. The van der Waals surface area contributed by atoms with Gasteiger partial charge in [-0.2, -0.15) is 0 Å². The fourth-order valence-corrected chi connectivity index (χ4v) is 2.49. The molecule has 1 amide bonds. The molecule has 0 bridgehead atoms. The van der Waals surface area contributed by atoms with Gasteiger partial charge in [0, 0.05) is 12.2 Å². The normalized spacial score (nSPS) is 13.6. The molecule has 0 fully saturated rings. The van der Waals surface area contributed by atoms with Crippen LogP contribution in [0.1, 0.15) is 27.3 Å². The number of aromatic nitrogens is 1. The number of pyridine rings is 1. The number of rotatable bonds is 2. The van der Waals surface area contributed by atoms with Gasteiger partial charge in [-0.1, -0.05) is 12.1 Å². The molecule has 1 aromatic carbocycles. The highest BCUT2D eigenvalue weighted by atomic mass is 19.1. The summed E-state index contributed by atoms with van der Waals surface area (Å²) in [6, 6.07) is 8.64. The number of amides is 1. The number of benzene rings is 1. The van der Waals surface area contributed by atoms with E-state index >= 15 is 0 Å². The molecule has 0 unspecified atom stereocenters. The van der Waals surface area contributed by atoms with Crippen LogP contribution in [0.2, 0.25) is 0 Å². The highest BCUT2D eigenvalue weighted by Gasteiger charge is 2.18. The van der Waals surface area contributed by atoms with Gasteiger partial charge in [0.25, 0.3) is 5.91 Å². The van der Waals surface area contributed by atoms with E-state index in [1.165, 1.54) is 0 Å². The fourth-order valence-electron chi connectivity index (χ4n) is 2.49. The Hall–Kier alpha value is -2.27. The molecule has 2 N–H and O–H groups in total. The van der Waals surface area contributed by atoms with E-state index in [0.717, 1.165) is 17.8 Å². The summed E-state index contributed by atoms with van der Waals surface area (Å²) in [6.45, 7) is 3.23. The van der Waals surface area contributed by atoms with E-state index in [1.807, 2.05) is 19.1 Å². The van der Waals surface area contributed by atoms with Crippen molar-refractivity contribution in [2.75, 3.05) is 11.9 Å². The van der Waals surface area contributed by atoms with Crippen LogP contribution in [0.25, 0.3) is 0 Å². The van der Waals surface area contributed by atoms with Gasteiger partial charge in [0.2, 0.25) is 0 Å². The maximum absolute atomic E-state index is 14.4. The van der Waals surface area contributed by atoms with E-state index in [2.05, 4.69) is 15.6 Å². The fraction of sp³-hybridized carbons (Fsp3) is 0.250. The summed E-state index contributed by atoms with van der Waals surface area (Å²) < 4.78 is 14.4. The largest absolute Gasteiger partial charge is 0.318 e. The standard InChI is InChI=1S/C16H16FN3O/c1-10-3-2-4-14(19-10)16(21)20-13-6-5-11-9-18-8-7-12(11)15(13)17/h2-6,18H,7-9H2,1H3,(H,20,21). The van der Waals surface area contributed by atoms with Gasteiger partial charge in [-0.25, -0.2) is 9.37 Å². The Bertz CT molecular complexity index is 700. The maximum Gasteiger partial charge on any atom is 0.274 e. The Balaban J connectivity index is 1.86. The zero-order valence-corrected chi connectivity index (χ0v) is 11.7. The topological polar surface area (TPSA) is 54.0 Å². The number of carbonyl (C=O) groups is 1. The van der Waals surface area contributed by atoms with E-state index in [-0.39, 0.29) is 17.2 Å². The van der Waals surface area contributed by atoms with Crippen LogP contribution < -0.4 is 10.6 Å². The van der Waals surface area contributed by atoms with Crippen LogP contribution in [0.3, 0.4) is 0 Å². The van der Waals surface area contributed by atoms with Crippen molar-refractivity contribution in [1.29, 1.82) is 0 Å². The number of hydrogen-bond acceptors (Lipinski definition) is 3. The predicted octanol–water partition coefficient (Wildman–Crippen LogP) is 2.43. The molecule has 21 heavy (non-hydrogen) atoms. The Labute approximate surface area is 122 Å². The summed E-state index contributed by atoms with van der Waals surface area (Å²) in [5.41, 5.74) is 2.88. The molecule has 1 aliphatic heterocycles. The summed E-state index contributed by atoms with van der Waals surface area (Å²) in [6.07, 6.45) is 0.633. The number of aryl methyl sites for hydroxylation is 1. The molecule has 5 heteroatoms. The molecule has 1 aromatic heterocycles. The molecule has 0 spiro atoms. The van der Waals surface area contributed by atoms with Crippen LogP contribution in [0, 0.1) is 12.7 Å². The van der Waals surface area contributed by atoms with E-state index in [4.69, 9.17) is 0 Å². The number of nitrogens with one attached hydrogen (secondary N) is 2. The first-order valence-corrected chi connectivity index (χ1v) is 6.91. The van der Waals surface area contributed by atoms with Crippen LogP contribution in [0.15, 0.2) is 30.3 Å². The monoisotopic (exact) mass is 285 g/mol. The first kappa shape index (κ1) is 13.7. The molecule has 0 aliphatic carbocycles. The zero-order valence-electron chi connectivity index (χ0n) is 11.7. The Morgan fingerprint density at radius 2 is 2.19 bits per heavy atom. The third-order valence-corrected chi connectivity index (χ3v) is 3.58. The average Bonchev–Trinajstić information content (AvgIpc) is 2.50. The van der Waals surface area contributed by atoms with Crippen molar-refractivity contribution in [2.24, 2.45) is 0 Å². The maximum atomic E-state index is 14.4. The number of anilines is 1. The number of hydrogen-bond donors (Lipinski definition) is 2. The lowest BCUT2D eigenvalue weighted by molar-refractivity contribution is 0.102. The minimum atomic E-state index is -0.397. The van der Waals surface area contributed by atoms with Crippen molar-refractivity contribution >= 4 is 11.6 Å². The lowest BCUT2D eigenvalue weighted by Crippen LogP contribution is -2.25. The van der Waals surface area contributed by atoms with E-state index < -0.39 is 5.91 Å². The minimum absolute atomic E-state index is 0.212. The van der Waals surface area contributed by atoms with Crippen LogP contribution >= 0.6 is 0 Å². The smallest absolute Gasteiger partial charge is 0.274 e. The van der Waals surface area contributed by atoms with Gasteiger partial charge in [0.1, 0.15) is 11.5 Å². The highest BCUT2D eigenvalue weighted by molar-refractivity contribution is 6.03. The zero-order chi connectivity index (χ0) is 14.8. The van der Waals surface area contributed by atoms with Gasteiger partial charge in [0.05, 0.1) is 5.69 Å². The Morgan fingerprint density at radius 3 is 3.00 bits per heavy atom. The second kappa shape index (κ2) is 5.61. The summed E-state index contributed by atoms with van der Waals surface area (Å²) in [4.78, 5) is 16.3. The summed E-state index contributed by atoms with van der Waals surface area (Å²) in [7, 11) is 0. The first-order valence-electron chi connectivity index (χ1n) is 6.91. The highest BCUT2D eigenvalue weighted by Crippen LogP contribution is 2.24. The molecule has 1 aliphatic rings. The molecule has 0 saturated heterocycles. The molecule has 0 atom stereocenters. The number of nitrogens with zero attached hydrogens (tertiary/aromatic N) is 1. The summed E-state index contributed by atoms with van der Waals surface area (Å²) in [5, 5.41) is 5.80. The van der Waals surface area contributed by atoms with Gasteiger partial charge in [0.15, 0.2) is 0 Å². The molecular formula is C16H16FN3O. The second-order valence-electron chi connectivity index (χ2n) is 5.11. The molecule has 3 rings (SSSR count). The number of halogens is 1. The first-order chi connectivity index (χ1) is 10.1. The van der Waals surface area contributed by atoms with Crippen LogP contribution in [0.4, 0.5) is 10.1 Å². The quantitative estimate of drug-likeness (QED) is 0.891. The molecule has 0 radical (unpaired) electrons. The number of fused-ring (bicyclic) bond motifs is 1. The van der Waals surface area contributed by atoms with E-state index in [0.29, 0.717) is 18.5 Å². The minimum Gasteiger partial charge on any atom is -0.318 e.